The third-order valence-electron chi connectivity index (χ3n) is 8.22. The number of carboxylic acid groups (broad SMARTS) is 1. The predicted octanol–water partition coefficient (Wildman–Crippen LogP) is 5.16. The van der Waals surface area contributed by atoms with Gasteiger partial charge in [-0.2, -0.15) is 4.39 Å². The van der Waals surface area contributed by atoms with E-state index in [9.17, 15) is 19.1 Å². The van der Waals surface area contributed by atoms with E-state index < -0.39 is 17.9 Å². The Kier molecular flexibility index (Phi) is 4.64. The maximum Gasteiger partial charge on any atom is 0.308 e. The molecule has 7 rings (SSSR count). The molecule has 2 aromatic heterocycles. The first kappa shape index (κ1) is 20.5. The highest BCUT2D eigenvalue weighted by Gasteiger charge is 2.56. The van der Waals surface area contributed by atoms with E-state index in [4.69, 9.17) is 4.42 Å². The number of hydrogen-bond donors (Lipinski definition) is 2. The second-order valence-corrected chi connectivity index (χ2v) is 10.1. The first-order valence-corrected chi connectivity index (χ1v) is 11.8. The number of nitrogens with one attached hydrogen (secondary N) is 1. The number of aromatic amines is 1. The van der Waals surface area contributed by atoms with Gasteiger partial charge in [0.2, 0.25) is 5.91 Å². The molecule has 6 unspecified atom stereocenters. The van der Waals surface area contributed by atoms with Gasteiger partial charge in [-0.15, -0.1) is 0 Å². The third-order valence-corrected chi connectivity index (χ3v) is 8.22. The topological polar surface area (TPSA) is 86.5 Å². The molecule has 6 atom stereocenters. The molecule has 33 heavy (non-hydrogen) atoms. The Balaban J connectivity index is 1.29. The van der Waals surface area contributed by atoms with E-state index in [-0.39, 0.29) is 29.8 Å². The molecule has 6 nitrogen and oxygen atoms in total. The van der Waals surface area contributed by atoms with Crippen LogP contribution in [0.3, 0.4) is 0 Å². The van der Waals surface area contributed by atoms with Crippen LogP contribution in [0.25, 0.3) is 22.2 Å². The van der Waals surface area contributed by atoms with Crippen molar-refractivity contribution < 1.29 is 23.5 Å². The monoisotopic (exact) mass is 450 g/mol. The summed E-state index contributed by atoms with van der Waals surface area (Å²) in [6.45, 7) is 2.02. The van der Waals surface area contributed by atoms with Crippen molar-refractivity contribution in [1.82, 2.24) is 9.88 Å². The van der Waals surface area contributed by atoms with Crippen LogP contribution in [0, 0.1) is 23.8 Å². The van der Waals surface area contributed by atoms with Crippen LogP contribution in [0.4, 0.5) is 4.39 Å². The van der Waals surface area contributed by atoms with Crippen LogP contribution in [-0.4, -0.2) is 39.0 Å². The summed E-state index contributed by atoms with van der Waals surface area (Å²) < 4.78 is 18.8. The van der Waals surface area contributed by atoms with Crippen LogP contribution in [0.15, 0.2) is 40.9 Å². The average molecular weight is 451 g/mol. The van der Waals surface area contributed by atoms with E-state index in [1.165, 1.54) is 6.07 Å². The summed E-state index contributed by atoms with van der Waals surface area (Å²) in [6.07, 6.45) is 5.84. The molecule has 1 aromatic carbocycles. The number of rotatable bonds is 5. The number of fused-ring (bicyclic) bond motifs is 1. The standard InChI is InChI=1S/C26H27FN2O4/c1-13(18-12-28-19-4-2-3-17(25(18)19)21-5-6-22(27)33-21)7-23(30)29-16-9-14-8-15(11-16)24(26(31)32)20(29)10-14/h2-6,12-16,20,24,28H,7-11H2,1H3,(H,31,32). The molecule has 7 heteroatoms. The van der Waals surface area contributed by atoms with Crippen LogP contribution in [0.2, 0.25) is 0 Å². The van der Waals surface area contributed by atoms with Crippen LogP contribution >= 0.6 is 0 Å². The van der Waals surface area contributed by atoms with E-state index in [0.717, 1.165) is 47.7 Å². The van der Waals surface area contributed by atoms with Crippen molar-refractivity contribution in [2.75, 3.05) is 0 Å². The highest BCUT2D eigenvalue weighted by atomic mass is 19.1. The molecule has 2 N–H and O–H groups in total. The van der Waals surface area contributed by atoms with E-state index in [2.05, 4.69) is 4.98 Å². The molecule has 4 fully saturated rings. The third kappa shape index (κ3) is 3.20. The molecular weight excluding hydrogens is 423 g/mol. The van der Waals surface area contributed by atoms with Gasteiger partial charge in [-0.1, -0.05) is 19.1 Å². The Labute approximate surface area is 190 Å². The summed E-state index contributed by atoms with van der Waals surface area (Å²) in [6, 6.07) is 8.01. The lowest BCUT2D eigenvalue weighted by Gasteiger charge is -2.59. The Morgan fingerprint density at radius 2 is 2.06 bits per heavy atom. The molecule has 4 bridgehead atoms. The zero-order valence-electron chi connectivity index (χ0n) is 18.5. The number of nitrogens with zero attached hydrogens (tertiary/aromatic N) is 1. The van der Waals surface area contributed by atoms with Gasteiger partial charge in [0.05, 0.1) is 5.92 Å². The van der Waals surface area contributed by atoms with Crippen molar-refractivity contribution >= 4 is 22.8 Å². The van der Waals surface area contributed by atoms with Gasteiger partial charge >= 0.3 is 5.97 Å². The molecule has 2 aliphatic heterocycles. The lowest BCUT2D eigenvalue weighted by Crippen LogP contribution is -2.65. The number of benzene rings is 1. The van der Waals surface area contributed by atoms with Crippen LogP contribution < -0.4 is 0 Å². The first-order valence-electron chi connectivity index (χ1n) is 11.8. The SMILES string of the molecule is CC(CC(=O)N1C2CC3CC(C2)C(C(=O)O)C1C3)c1c[nH]c2cccc(-c3ccc(F)o3)c12. The number of halogens is 1. The van der Waals surface area contributed by atoms with E-state index >= 15 is 0 Å². The summed E-state index contributed by atoms with van der Waals surface area (Å²) in [4.78, 5) is 30.8. The summed E-state index contributed by atoms with van der Waals surface area (Å²) in [5.74, 6) is -0.0399. The zero-order chi connectivity index (χ0) is 22.9. The summed E-state index contributed by atoms with van der Waals surface area (Å²) in [7, 11) is 0. The molecule has 3 aromatic rings. The maximum atomic E-state index is 13.6. The fourth-order valence-electron chi connectivity index (χ4n) is 7.02. The Morgan fingerprint density at radius 3 is 2.82 bits per heavy atom. The van der Waals surface area contributed by atoms with Crippen molar-refractivity contribution in [3.63, 3.8) is 0 Å². The second kappa shape index (κ2) is 7.47. The number of amides is 1. The average Bonchev–Trinajstić information content (AvgIpc) is 3.39. The van der Waals surface area contributed by atoms with Gasteiger partial charge in [-0.05, 0) is 61.1 Å². The van der Waals surface area contributed by atoms with E-state index in [1.807, 2.05) is 36.2 Å². The van der Waals surface area contributed by atoms with E-state index in [1.54, 1.807) is 6.07 Å². The molecule has 2 aliphatic carbocycles. The lowest BCUT2D eigenvalue weighted by molar-refractivity contribution is -0.171. The first-order chi connectivity index (χ1) is 15.9. The van der Waals surface area contributed by atoms with Gasteiger partial charge in [0, 0.05) is 47.2 Å². The Hall–Kier alpha value is -3.09. The van der Waals surface area contributed by atoms with Crippen LogP contribution in [0.1, 0.15) is 50.5 Å². The molecule has 172 valence electrons. The summed E-state index contributed by atoms with van der Waals surface area (Å²) in [5, 5.41) is 10.8. The quantitative estimate of drug-likeness (QED) is 0.562. The molecule has 2 saturated heterocycles. The molecular formula is C26H27FN2O4. The molecule has 0 radical (unpaired) electrons. The highest BCUT2D eigenvalue weighted by Crippen LogP contribution is 2.52. The lowest BCUT2D eigenvalue weighted by atomic mass is 9.58. The number of piperidine rings is 2. The highest BCUT2D eigenvalue weighted by molar-refractivity contribution is 5.97. The van der Waals surface area contributed by atoms with Gasteiger partial charge in [0.15, 0.2) is 0 Å². The predicted molar refractivity (Wildman–Crippen MR) is 120 cm³/mol. The number of hydrogen-bond acceptors (Lipinski definition) is 3. The number of H-pyrrole nitrogens is 1. The largest absolute Gasteiger partial charge is 0.481 e. The van der Waals surface area contributed by atoms with E-state index in [0.29, 0.717) is 18.1 Å². The number of furan rings is 1. The van der Waals surface area contributed by atoms with Crippen molar-refractivity contribution in [2.45, 2.75) is 57.0 Å². The molecule has 1 amide bonds. The molecule has 4 aliphatic rings. The normalized spacial score (nSPS) is 29.0. The molecule has 0 spiro atoms. The minimum atomic E-state index is -0.762. The van der Waals surface area contributed by atoms with Crippen molar-refractivity contribution in [1.29, 1.82) is 0 Å². The molecule has 4 heterocycles. The van der Waals surface area contributed by atoms with Crippen molar-refractivity contribution in [2.24, 2.45) is 17.8 Å². The second-order valence-electron chi connectivity index (χ2n) is 10.1. The van der Waals surface area contributed by atoms with Crippen LogP contribution in [-0.2, 0) is 9.59 Å². The molecule has 2 saturated carbocycles. The number of aliphatic carboxylic acids is 1. The minimum Gasteiger partial charge on any atom is -0.481 e. The Morgan fingerprint density at radius 1 is 1.21 bits per heavy atom. The smallest absolute Gasteiger partial charge is 0.308 e. The fraction of sp³-hybridized carbons (Fsp3) is 0.462. The Bertz CT molecular complexity index is 1250. The number of aromatic nitrogens is 1. The fourth-order valence-corrected chi connectivity index (χ4v) is 7.02. The van der Waals surface area contributed by atoms with Gasteiger partial charge in [-0.25, -0.2) is 0 Å². The van der Waals surface area contributed by atoms with Gasteiger partial charge in [0.1, 0.15) is 5.76 Å². The van der Waals surface area contributed by atoms with Gasteiger partial charge in [0.25, 0.3) is 6.01 Å². The number of carboxylic acids is 1. The summed E-state index contributed by atoms with van der Waals surface area (Å²) in [5.41, 5.74) is 2.66. The van der Waals surface area contributed by atoms with Gasteiger partial charge < -0.3 is 19.4 Å². The van der Waals surface area contributed by atoms with Crippen molar-refractivity contribution in [3.05, 3.63) is 48.1 Å². The van der Waals surface area contributed by atoms with Crippen LogP contribution in [0.5, 0.6) is 0 Å². The maximum absolute atomic E-state index is 13.6. The number of carbonyl (C=O) groups excluding carboxylic acids is 1. The zero-order valence-corrected chi connectivity index (χ0v) is 18.5. The van der Waals surface area contributed by atoms with Gasteiger partial charge in [-0.3, -0.25) is 9.59 Å². The summed E-state index contributed by atoms with van der Waals surface area (Å²) >= 11 is 0. The minimum absolute atomic E-state index is 0.0402. The number of carbonyl (C=O) groups is 2. The van der Waals surface area contributed by atoms with Crippen molar-refractivity contribution in [3.8, 4) is 11.3 Å².